The van der Waals surface area contributed by atoms with Crippen LogP contribution >= 0.6 is 0 Å². The highest BCUT2D eigenvalue weighted by Crippen LogP contribution is 2.33. The van der Waals surface area contributed by atoms with Crippen LogP contribution in [0.2, 0.25) is 0 Å². The fourth-order valence-corrected chi connectivity index (χ4v) is 1.89. The van der Waals surface area contributed by atoms with Crippen molar-refractivity contribution < 1.29 is 5.11 Å². The van der Waals surface area contributed by atoms with E-state index in [9.17, 15) is 0 Å². The van der Waals surface area contributed by atoms with E-state index in [4.69, 9.17) is 5.11 Å². The molecule has 1 aliphatic rings. The summed E-state index contributed by atoms with van der Waals surface area (Å²) in [7, 11) is 0. The van der Waals surface area contributed by atoms with Crippen molar-refractivity contribution in [2.24, 2.45) is 11.8 Å². The van der Waals surface area contributed by atoms with E-state index in [0.717, 1.165) is 5.92 Å². The second kappa shape index (κ2) is 4.76. The van der Waals surface area contributed by atoms with Crippen molar-refractivity contribution in [2.75, 3.05) is 6.61 Å². The van der Waals surface area contributed by atoms with Crippen LogP contribution in [0.5, 0.6) is 0 Å². The quantitative estimate of drug-likeness (QED) is 0.648. The Morgan fingerprint density at radius 2 is 2.18 bits per heavy atom. The van der Waals surface area contributed by atoms with Gasteiger partial charge in [0.25, 0.3) is 0 Å². The van der Waals surface area contributed by atoms with Crippen molar-refractivity contribution in [1.82, 2.24) is 0 Å². The van der Waals surface area contributed by atoms with Crippen molar-refractivity contribution in [1.29, 1.82) is 0 Å². The van der Waals surface area contributed by atoms with Gasteiger partial charge in [-0.05, 0) is 24.7 Å². The Morgan fingerprint density at radius 1 is 1.45 bits per heavy atom. The Bertz CT molecular complexity index is 97.0. The number of rotatable bonds is 5. The molecule has 0 aromatic heterocycles. The van der Waals surface area contributed by atoms with Crippen LogP contribution in [0.4, 0.5) is 0 Å². The van der Waals surface area contributed by atoms with Crippen LogP contribution < -0.4 is 0 Å². The molecule has 0 aromatic rings. The summed E-state index contributed by atoms with van der Waals surface area (Å²) in [5.74, 6) is 1.56. The molecule has 0 unspecified atom stereocenters. The summed E-state index contributed by atoms with van der Waals surface area (Å²) in [6, 6.07) is 0. The zero-order valence-corrected chi connectivity index (χ0v) is 7.55. The van der Waals surface area contributed by atoms with E-state index in [1.54, 1.807) is 0 Å². The van der Waals surface area contributed by atoms with Crippen molar-refractivity contribution >= 4 is 0 Å². The maximum atomic E-state index is 9.03. The molecular formula is C10H20O. The van der Waals surface area contributed by atoms with Crippen LogP contribution in [0.25, 0.3) is 0 Å². The fraction of sp³-hybridized carbons (Fsp3) is 1.00. The predicted octanol–water partition coefficient (Wildman–Crippen LogP) is 2.59. The average Bonchev–Trinajstić information content (AvgIpc) is 1.94. The van der Waals surface area contributed by atoms with Crippen LogP contribution in [0.1, 0.15) is 45.4 Å². The van der Waals surface area contributed by atoms with E-state index in [0.29, 0.717) is 12.5 Å². The van der Waals surface area contributed by atoms with Gasteiger partial charge in [-0.3, -0.25) is 0 Å². The molecule has 0 aliphatic heterocycles. The SMILES string of the molecule is CCC[C@H](CO)CC1CCC1. The lowest BCUT2D eigenvalue weighted by Gasteiger charge is -2.28. The van der Waals surface area contributed by atoms with Crippen LogP contribution in [-0.4, -0.2) is 11.7 Å². The minimum absolute atomic E-state index is 0.407. The zero-order valence-electron chi connectivity index (χ0n) is 7.55. The molecule has 0 radical (unpaired) electrons. The second-order valence-corrected chi connectivity index (χ2v) is 3.87. The molecule has 1 nitrogen and oxygen atoms in total. The first-order chi connectivity index (χ1) is 5.36. The molecule has 1 aliphatic carbocycles. The van der Waals surface area contributed by atoms with E-state index in [2.05, 4.69) is 6.92 Å². The highest BCUT2D eigenvalue weighted by molar-refractivity contribution is 4.73. The smallest absolute Gasteiger partial charge is 0.0459 e. The van der Waals surface area contributed by atoms with Gasteiger partial charge in [-0.2, -0.15) is 0 Å². The Morgan fingerprint density at radius 3 is 2.55 bits per heavy atom. The molecule has 66 valence electrons. The maximum Gasteiger partial charge on any atom is 0.0459 e. The van der Waals surface area contributed by atoms with Gasteiger partial charge >= 0.3 is 0 Å². The summed E-state index contributed by atoms with van der Waals surface area (Å²) in [4.78, 5) is 0. The van der Waals surface area contributed by atoms with Gasteiger partial charge in [0.1, 0.15) is 0 Å². The van der Waals surface area contributed by atoms with Crippen LogP contribution in [-0.2, 0) is 0 Å². The molecule has 0 saturated heterocycles. The first-order valence-electron chi connectivity index (χ1n) is 4.97. The number of hydrogen-bond acceptors (Lipinski definition) is 1. The summed E-state index contributed by atoms with van der Waals surface area (Å²) in [6.45, 7) is 2.60. The first-order valence-corrected chi connectivity index (χ1v) is 4.97. The highest BCUT2D eigenvalue weighted by Gasteiger charge is 2.20. The topological polar surface area (TPSA) is 20.2 Å². The van der Waals surface area contributed by atoms with Crippen molar-refractivity contribution in [3.63, 3.8) is 0 Å². The monoisotopic (exact) mass is 156 g/mol. The van der Waals surface area contributed by atoms with Gasteiger partial charge in [0.05, 0.1) is 0 Å². The molecule has 11 heavy (non-hydrogen) atoms. The molecule has 0 heterocycles. The van der Waals surface area contributed by atoms with Crippen molar-refractivity contribution in [3.05, 3.63) is 0 Å². The zero-order chi connectivity index (χ0) is 8.10. The molecule has 1 heteroatoms. The average molecular weight is 156 g/mol. The van der Waals surface area contributed by atoms with Gasteiger partial charge in [0.15, 0.2) is 0 Å². The summed E-state index contributed by atoms with van der Waals surface area (Å²) in [5.41, 5.74) is 0. The van der Waals surface area contributed by atoms with Crippen molar-refractivity contribution in [2.45, 2.75) is 45.4 Å². The fourth-order valence-electron chi connectivity index (χ4n) is 1.89. The lowest BCUT2D eigenvalue weighted by atomic mass is 9.78. The van der Waals surface area contributed by atoms with Gasteiger partial charge in [0.2, 0.25) is 0 Å². The Kier molecular flexibility index (Phi) is 3.92. The lowest BCUT2D eigenvalue weighted by Crippen LogP contribution is -2.18. The Labute approximate surface area is 69.8 Å². The predicted molar refractivity (Wildman–Crippen MR) is 47.4 cm³/mol. The van der Waals surface area contributed by atoms with Gasteiger partial charge in [-0.15, -0.1) is 0 Å². The normalized spacial score (nSPS) is 21.3. The molecule has 1 rings (SSSR count). The summed E-state index contributed by atoms with van der Waals surface area (Å²) in [5, 5.41) is 9.03. The Balaban J connectivity index is 2.08. The number of aliphatic hydroxyl groups is 1. The minimum Gasteiger partial charge on any atom is -0.396 e. The molecule has 1 fully saturated rings. The number of aliphatic hydroxyl groups excluding tert-OH is 1. The van der Waals surface area contributed by atoms with E-state index < -0.39 is 0 Å². The van der Waals surface area contributed by atoms with E-state index in [1.807, 2.05) is 0 Å². The molecule has 0 spiro atoms. The molecule has 1 saturated carbocycles. The van der Waals surface area contributed by atoms with E-state index in [1.165, 1.54) is 38.5 Å². The van der Waals surface area contributed by atoms with E-state index in [-0.39, 0.29) is 0 Å². The van der Waals surface area contributed by atoms with Gasteiger partial charge in [-0.1, -0.05) is 32.6 Å². The minimum atomic E-state index is 0.407. The molecular weight excluding hydrogens is 136 g/mol. The molecule has 0 amide bonds. The largest absolute Gasteiger partial charge is 0.396 e. The van der Waals surface area contributed by atoms with E-state index >= 15 is 0 Å². The molecule has 0 bridgehead atoms. The number of hydrogen-bond donors (Lipinski definition) is 1. The van der Waals surface area contributed by atoms with Crippen LogP contribution in [0.3, 0.4) is 0 Å². The lowest BCUT2D eigenvalue weighted by molar-refractivity contribution is 0.163. The van der Waals surface area contributed by atoms with Gasteiger partial charge in [0, 0.05) is 6.61 Å². The second-order valence-electron chi connectivity index (χ2n) is 3.87. The van der Waals surface area contributed by atoms with Crippen molar-refractivity contribution in [3.8, 4) is 0 Å². The first kappa shape index (κ1) is 9.05. The van der Waals surface area contributed by atoms with Gasteiger partial charge < -0.3 is 5.11 Å². The third-order valence-corrected chi connectivity index (χ3v) is 2.85. The third kappa shape index (κ3) is 2.82. The van der Waals surface area contributed by atoms with Gasteiger partial charge in [-0.25, -0.2) is 0 Å². The molecule has 0 aromatic carbocycles. The highest BCUT2D eigenvalue weighted by atomic mass is 16.3. The molecule has 1 atom stereocenters. The van der Waals surface area contributed by atoms with Crippen LogP contribution in [0, 0.1) is 11.8 Å². The molecule has 1 N–H and O–H groups in total. The summed E-state index contributed by atoms with van der Waals surface area (Å²) >= 11 is 0. The Hall–Kier alpha value is -0.0400. The standard InChI is InChI=1S/C10H20O/c1-2-4-10(8-11)7-9-5-3-6-9/h9-11H,2-8H2,1H3/t10-/m0/s1. The third-order valence-electron chi connectivity index (χ3n) is 2.85. The summed E-state index contributed by atoms with van der Waals surface area (Å²) in [6.07, 6.45) is 7.98. The summed E-state index contributed by atoms with van der Waals surface area (Å²) < 4.78 is 0. The maximum absolute atomic E-state index is 9.03. The van der Waals surface area contributed by atoms with Crippen LogP contribution in [0.15, 0.2) is 0 Å².